The molecule has 14 heavy (non-hydrogen) atoms. The molecule has 0 aromatic rings. The van der Waals surface area contributed by atoms with E-state index in [0.29, 0.717) is 18.3 Å². The maximum atomic E-state index is 11.1. The Bertz CT molecular complexity index is 172. The number of rotatable bonds is 4. The van der Waals surface area contributed by atoms with Gasteiger partial charge in [0.25, 0.3) is 0 Å². The number of halogens is 1. The van der Waals surface area contributed by atoms with Gasteiger partial charge in [-0.15, -0.1) is 11.6 Å². The third-order valence-electron chi connectivity index (χ3n) is 2.27. The summed E-state index contributed by atoms with van der Waals surface area (Å²) in [7, 11) is 0. The highest BCUT2D eigenvalue weighted by atomic mass is 35.5. The van der Waals surface area contributed by atoms with Crippen molar-refractivity contribution in [3.63, 3.8) is 0 Å². The summed E-state index contributed by atoms with van der Waals surface area (Å²) in [5.41, 5.74) is 0. The Hall–Kier alpha value is -0.480. The highest BCUT2D eigenvalue weighted by Crippen LogP contribution is 2.12. The molecule has 1 rings (SSSR count). The first-order chi connectivity index (χ1) is 6.83. The summed E-state index contributed by atoms with van der Waals surface area (Å²) in [6, 6.07) is -0.128. The molecule has 2 amide bonds. The second kappa shape index (κ2) is 6.90. The predicted molar refractivity (Wildman–Crippen MR) is 55.7 cm³/mol. The zero-order valence-electron chi connectivity index (χ0n) is 8.22. The molecule has 0 unspecified atom stereocenters. The van der Waals surface area contributed by atoms with Crippen LogP contribution in [0.2, 0.25) is 0 Å². The lowest BCUT2D eigenvalue weighted by molar-refractivity contribution is 0.0669. The summed E-state index contributed by atoms with van der Waals surface area (Å²) in [5, 5.41) is 5.48. The van der Waals surface area contributed by atoms with Crippen LogP contribution in [0.25, 0.3) is 0 Å². The van der Waals surface area contributed by atoms with Gasteiger partial charge in [-0.25, -0.2) is 4.79 Å². The Morgan fingerprint density at radius 3 is 2.71 bits per heavy atom. The fourth-order valence-corrected chi connectivity index (χ4v) is 1.51. The zero-order chi connectivity index (χ0) is 10.2. The number of hydrogen-bond donors (Lipinski definition) is 2. The minimum Gasteiger partial charge on any atom is -0.381 e. The lowest BCUT2D eigenvalue weighted by Crippen LogP contribution is -2.40. The van der Waals surface area contributed by atoms with Gasteiger partial charge in [0, 0.05) is 32.2 Å². The van der Waals surface area contributed by atoms with E-state index in [2.05, 4.69) is 10.6 Å². The summed E-state index contributed by atoms with van der Waals surface area (Å²) in [6.45, 7) is 2.88. The first kappa shape index (κ1) is 11.6. The van der Waals surface area contributed by atoms with Crippen molar-refractivity contribution in [2.24, 2.45) is 5.92 Å². The van der Waals surface area contributed by atoms with E-state index in [9.17, 15) is 4.79 Å². The van der Waals surface area contributed by atoms with Gasteiger partial charge in [0.15, 0.2) is 0 Å². The molecule has 82 valence electrons. The van der Waals surface area contributed by atoms with Crippen molar-refractivity contribution in [1.82, 2.24) is 10.6 Å². The zero-order valence-corrected chi connectivity index (χ0v) is 8.98. The minimum atomic E-state index is -0.128. The first-order valence-electron chi connectivity index (χ1n) is 4.98. The van der Waals surface area contributed by atoms with E-state index >= 15 is 0 Å². The standard InChI is InChI=1S/C9H17ClN2O2/c10-3-4-11-9(13)12-7-8-1-5-14-6-2-8/h8H,1-7H2,(H2,11,12,13). The van der Waals surface area contributed by atoms with E-state index in [4.69, 9.17) is 16.3 Å². The van der Waals surface area contributed by atoms with E-state index in [0.717, 1.165) is 32.6 Å². The fourth-order valence-electron chi connectivity index (χ4n) is 1.41. The molecular weight excluding hydrogens is 204 g/mol. The molecule has 0 saturated carbocycles. The van der Waals surface area contributed by atoms with Crippen molar-refractivity contribution < 1.29 is 9.53 Å². The fraction of sp³-hybridized carbons (Fsp3) is 0.889. The van der Waals surface area contributed by atoms with Crippen LogP contribution in [0, 0.1) is 5.92 Å². The van der Waals surface area contributed by atoms with Crippen molar-refractivity contribution in [2.75, 3.05) is 32.2 Å². The first-order valence-corrected chi connectivity index (χ1v) is 5.52. The van der Waals surface area contributed by atoms with Crippen LogP contribution >= 0.6 is 11.6 Å². The van der Waals surface area contributed by atoms with Gasteiger partial charge in [0.2, 0.25) is 0 Å². The molecule has 1 aliphatic rings. The molecule has 0 aliphatic carbocycles. The van der Waals surface area contributed by atoms with Gasteiger partial charge >= 0.3 is 6.03 Å². The Balaban J connectivity index is 2.03. The maximum Gasteiger partial charge on any atom is 0.314 e. The van der Waals surface area contributed by atoms with Gasteiger partial charge < -0.3 is 15.4 Å². The quantitative estimate of drug-likeness (QED) is 0.694. The van der Waals surface area contributed by atoms with Crippen LogP contribution in [0.4, 0.5) is 4.79 Å². The molecule has 0 atom stereocenters. The molecule has 0 bridgehead atoms. The molecule has 4 nitrogen and oxygen atoms in total. The van der Waals surface area contributed by atoms with Gasteiger partial charge in [-0.1, -0.05) is 0 Å². The van der Waals surface area contributed by atoms with Crippen LogP contribution in [0.1, 0.15) is 12.8 Å². The monoisotopic (exact) mass is 220 g/mol. The van der Waals surface area contributed by atoms with E-state index in [-0.39, 0.29) is 6.03 Å². The highest BCUT2D eigenvalue weighted by Gasteiger charge is 2.14. The van der Waals surface area contributed by atoms with Crippen molar-refractivity contribution in [1.29, 1.82) is 0 Å². The number of ether oxygens (including phenoxy) is 1. The van der Waals surface area contributed by atoms with Crippen molar-refractivity contribution in [3.8, 4) is 0 Å². The molecule has 1 saturated heterocycles. The molecule has 1 heterocycles. The molecule has 5 heteroatoms. The number of carbonyl (C=O) groups excluding carboxylic acids is 1. The number of nitrogens with one attached hydrogen (secondary N) is 2. The molecule has 0 radical (unpaired) electrons. The number of hydrogen-bond acceptors (Lipinski definition) is 2. The summed E-state index contributed by atoms with van der Waals surface area (Å²) < 4.78 is 5.23. The largest absolute Gasteiger partial charge is 0.381 e. The molecule has 0 aromatic carbocycles. The van der Waals surface area contributed by atoms with Crippen LogP contribution in [-0.2, 0) is 4.74 Å². The Morgan fingerprint density at radius 1 is 1.36 bits per heavy atom. The summed E-state index contributed by atoms with van der Waals surface area (Å²) in [5.74, 6) is 1.01. The number of urea groups is 1. The van der Waals surface area contributed by atoms with Gasteiger partial charge in [-0.3, -0.25) is 0 Å². The molecule has 0 aromatic heterocycles. The van der Waals surface area contributed by atoms with Crippen LogP contribution in [0.15, 0.2) is 0 Å². The van der Waals surface area contributed by atoms with Crippen LogP contribution in [0.5, 0.6) is 0 Å². The predicted octanol–water partition coefficient (Wildman–Crippen LogP) is 0.951. The van der Waals surface area contributed by atoms with Gasteiger partial charge in [0.1, 0.15) is 0 Å². The summed E-state index contributed by atoms with van der Waals surface area (Å²) in [4.78, 5) is 11.1. The third kappa shape index (κ3) is 4.67. The van der Waals surface area contributed by atoms with Crippen molar-refractivity contribution in [3.05, 3.63) is 0 Å². The molecular formula is C9H17ClN2O2. The minimum absolute atomic E-state index is 0.128. The molecule has 2 N–H and O–H groups in total. The average molecular weight is 221 g/mol. The Morgan fingerprint density at radius 2 is 2.07 bits per heavy atom. The van der Waals surface area contributed by atoms with Crippen LogP contribution in [-0.4, -0.2) is 38.2 Å². The van der Waals surface area contributed by atoms with E-state index < -0.39 is 0 Å². The highest BCUT2D eigenvalue weighted by molar-refractivity contribution is 6.18. The SMILES string of the molecule is O=C(NCCCl)NCC1CCOCC1. The molecule has 1 aliphatic heterocycles. The van der Waals surface area contributed by atoms with Gasteiger partial charge in [-0.2, -0.15) is 0 Å². The lowest BCUT2D eigenvalue weighted by Gasteiger charge is -2.22. The van der Waals surface area contributed by atoms with Gasteiger partial charge in [-0.05, 0) is 18.8 Å². The number of carbonyl (C=O) groups is 1. The smallest absolute Gasteiger partial charge is 0.314 e. The Labute approximate surface area is 89.3 Å². The summed E-state index contributed by atoms with van der Waals surface area (Å²) >= 11 is 5.44. The molecule has 1 fully saturated rings. The third-order valence-corrected chi connectivity index (χ3v) is 2.46. The average Bonchev–Trinajstić information content (AvgIpc) is 2.25. The lowest BCUT2D eigenvalue weighted by atomic mass is 10.0. The maximum absolute atomic E-state index is 11.1. The summed E-state index contributed by atoms with van der Waals surface area (Å²) in [6.07, 6.45) is 2.07. The van der Waals surface area contributed by atoms with E-state index in [1.54, 1.807) is 0 Å². The normalized spacial score (nSPS) is 17.8. The van der Waals surface area contributed by atoms with Crippen molar-refractivity contribution in [2.45, 2.75) is 12.8 Å². The number of amides is 2. The second-order valence-electron chi connectivity index (χ2n) is 3.38. The second-order valence-corrected chi connectivity index (χ2v) is 3.76. The topological polar surface area (TPSA) is 50.4 Å². The van der Waals surface area contributed by atoms with E-state index in [1.807, 2.05) is 0 Å². The van der Waals surface area contributed by atoms with Crippen molar-refractivity contribution >= 4 is 17.6 Å². The van der Waals surface area contributed by atoms with E-state index in [1.165, 1.54) is 0 Å². The Kier molecular flexibility index (Phi) is 5.71. The number of alkyl halides is 1. The van der Waals surface area contributed by atoms with Gasteiger partial charge in [0.05, 0.1) is 0 Å². The molecule has 0 spiro atoms. The van der Waals surface area contributed by atoms with Crippen LogP contribution < -0.4 is 10.6 Å². The van der Waals surface area contributed by atoms with Crippen LogP contribution in [0.3, 0.4) is 0 Å².